The molecule has 1 heterocycles. The number of sulfonamides is 1. The molecule has 0 aromatic heterocycles. The summed E-state index contributed by atoms with van der Waals surface area (Å²) in [7, 11) is -3.87. The topological polar surface area (TPSA) is 80.5 Å². The minimum absolute atomic E-state index is 0.171. The summed E-state index contributed by atoms with van der Waals surface area (Å²) in [6, 6.07) is 3.08. The molecule has 0 radical (unpaired) electrons. The van der Waals surface area contributed by atoms with E-state index in [1.807, 2.05) is 0 Å². The van der Waals surface area contributed by atoms with Gasteiger partial charge in [-0.15, -0.1) is 0 Å². The van der Waals surface area contributed by atoms with Crippen molar-refractivity contribution in [3.05, 3.63) is 28.2 Å². The zero-order chi connectivity index (χ0) is 16.0. The number of halogens is 4. The Morgan fingerprint density at radius 3 is 2.38 bits per heavy atom. The average Bonchev–Trinajstić information content (AvgIpc) is 2.69. The number of amides is 1. The predicted octanol–water partition coefficient (Wildman–Crippen LogP) is 1.86. The molecule has 0 bridgehead atoms. The van der Waals surface area contributed by atoms with E-state index < -0.39 is 32.9 Å². The number of alkyl halides is 3. The zero-order valence-electron chi connectivity index (χ0n) is 10.4. The molecule has 1 fully saturated rings. The first kappa shape index (κ1) is 16.2. The summed E-state index contributed by atoms with van der Waals surface area (Å²) in [5.41, 5.74) is -0.688. The van der Waals surface area contributed by atoms with Crippen molar-refractivity contribution in [2.45, 2.75) is 17.8 Å². The van der Waals surface area contributed by atoms with Gasteiger partial charge in [0.05, 0.1) is 5.56 Å². The van der Waals surface area contributed by atoms with Crippen LogP contribution in [0.5, 0.6) is 0 Å². The van der Waals surface area contributed by atoms with Crippen LogP contribution in [-0.2, 0) is 21.0 Å². The Bertz CT molecular complexity index is 690. The highest BCUT2D eigenvalue weighted by molar-refractivity contribution is 9.10. The maximum Gasteiger partial charge on any atom is 0.417 e. The number of hydrogen-bond donors (Lipinski definition) is 1. The van der Waals surface area contributed by atoms with Crippen LogP contribution in [0, 0.1) is 0 Å². The molecule has 21 heavy (non-hydrogen) atoms. The van der Waals surface area contributed by atoms with E-state index >= 15 is 0 Å². The molecular weight excluding hydrogens is 377 g/mol. The van der Waals surface area contributed by atoms with Gasteiger partial charge < -0.3 is 4.90 Å². The van der Waals surface area contributed by atoms with E-state index in [-0.39, 0.29) is 23.1 Å². The lowest BCUT2D eigenvalue weighted by Gasteiger charge is -2.18. The van der Waals surface area contributed by atoms with Crippen molar-refractivity contribution in [1.82, 2.24) is 0 Å². The van der Waals surface area contributed by atoms with E-state index in [1.165, 1.54) is 0 Å². The van der Waals surface area contributed by atoms with Gasteiger partial charge in [0.1, 0.15) is 5.25 Å². The van der Waals surface area contributed by atoms with Crippen molar-refractivity contribution in [2.75, 3.05) is 11.4 Å². The van der Waals surface area contributed by atoms with Crippen LogP contribution in [0.4, 0.5) is 18.9 Å². The third-order valence-corrected chi connectivity index (χ3v) is 5.02. The molecule has 0 spiro atoms. The highest BCUT2D eigenvalue weighted by Crippen LogP contribution is 2.37. The van der Waals surface area contributed by atoms with Crippen molar-refractivity contribution in [1.29, 1.82) is 0 Å². The number of primary sulfonamides is 1. The van der Waals surface area contributed by atoms with Gasteiger partial charge in [0, 0.05) is 23.1 Å². The van der Waals surface area contributed by atoms with Crippen LogP contribution in [0.15, 0.2) is 22.7 Å². The molecular formula is C11H10BrF3N2O3S. The molecule has 10 heteroatoms. The fourth-order valence-electron chi connectivity index (χ4n) is 2.05. The van der Waals surface area contributed by atoms with Crippen LogP contribution >= 0.6 is 15.9 Å². The summed E-state index contributed by atoms with van der Waals surface area (Å²) < 4.78 is 60.2. The molecule has 1 atom stereocenters. The van der Waals surface area contributed by atoms with Gasteiger partial charge in [0.25, 0.3) is 0 Å². The first-order valence-corrected chi connectivity index (χ1v) is 8.09. The van der Waals surface area contributed by atoms with E-state index in [0.29, 0.717) is 0 Å². The van der Waals surface area contributed by atoms with Crippen LogP contribution in [0.3, 0.4) is 0 Å². The Balaban J connectivity index is 2.32. The highest BCUT2D eigenvalue weighted by Gasteiger charge is 2.38. The van der Waals surface area contributed by atoms with Crippen LogP contribution < -0.4 is 10.0 Å². The number of nitrogens with two attached hydrogens (primary N) is 1. The van der Waals surface area contributed by atoms with Gasteiger partial charge in [0.2, 0.25) is 15.9 Å². The van der Waals surface area contributed by atoms with Gasteiger partial charge in [-0.25, -0.2) is 13.6 Å². The molecule has 2 N–H and O–H groups in total. The number of benzene rings is 1. The SMILES string of the molecule is NS(=O)(=O)C1CC(=O)N(c2ccc(C(F)(F)F)c(Br)c2)C1. The first-order chi connectivity index (χ1) is 9.50. The summed E-state index contributed by atoms with van der Waals surface area (Å²) >= 11 is 2.80. The smallest absolute Gasteiger partial charge is 0.311 e. The molecule has 1 aromatic carbocycles. The maximum atomic E-state index is 12.6. The van der Waals surface area contributed by atoms with Crippen molar-refractivity contribution in [2.24, 2.45) is 5.14 Å². The van der Waals surface area contributed by atoms with Crippen molar-refractivity contribution >= 4 is 37.5 Å². The van der Waals surface area contributed by atoms with E-state index in [0.717, 1.165) is 23.1 Å². The second-order valence-electron chi connectivity index (χ2n) is 4.58. The fourth-order valence-corrected chi connectivity index (χ4v) is 3.37. The van der Waals surface area contributed by atoms with Crippen molar-refractivity contribution in [3.8, 4) is 0 Å². The Kier molecular flexibility index (Phi) is 4.06. The predicted molar refractivity (Wildman–Crippen MR) is 73.0 cm³/mol. The van der Waals surface area contributed by atoms with E-state index in [1.54, 1.807) is 0 Å². The van der Waals surface area contributed by atoms with Crippen LogP contribution in [0.2, 0.25) is 0 Å². The number of nitrogens with zero attached hydrogens (tertiary/aromatic N) is 1. The van der Waals surface area contributed by atoms with Crippen LogP contribution in [0.1, 0.15) is 12.0 Å². The van der Waals surface area contributed by atoms with Crippen LogP contribution in [0.25, 0.3) is 0 Å². The lowest BCUT2D eigenvalue weighted by molar-refractivity contribution is -0.138. The van der Waals surface area contributed by atoms with Gasteiger partial charge in [-0.05, 0) is 18.2 Å². The maximum absolute atomic E-state index is 12.6. The minimum atomic E-state index is -4.52. The molecule has 1 amide bonds. The normalized spacial score (nSPS) is 20.1. The molecule has 116 valence electrons. The van der Waals surface area contributed by atoms with Crippen molar-refractivity contribution < 1.29 is 26.4 Å². The Hall–Kier alpha value is -1.13. The largest absolute Gasteiger partial charge is 0.417 e. The number of rotatable bonds is 2. The van der Waals surface area contributed by atoms with E-state index in [2.05, 4.69) is 15.9 Å². The lowest BCUT2D eigenvalue weighted by atomic mass is 10.2. The minimum Gasteiger partial charge on any atom is -0.311 e. The monoisotopic (exact) mass is 386 g/mol. The van der Waals surface area contributed by atoms with Gasteiger partial charge >= 0.3 is 6.18 Å². The average molecular weight is 387 g/mol. The molecule has 1 aliphatic heterocycles. The Labute approximate surface area is 127 Å². The first-order valence-electron chi connectivity index (χ1n) is 5.69. The number of anilines is 1. The third kappa shape index (κ3) is 3.38. The molecule has 0 saturated carbocycles. The standard InChI is InChI=1S/C11H10BrF3N2O3S/c12-9-3-6(1-2-8(9)11(13,14)15)17-5-7(4-10(17)18)21(16,19)20/h1-3,7H,4-5H2,(H2,16,19,20). The van der Waals surface area contributed by atoms with E-state index in [4.69, 9.17) is 5.14 Å². The number of hydrogen-bond acceptors (Lipinski definition) is 3. The summed E-state index contributed by atoms with van der Waals surface area (Å²) in [4.78, 5) is 12.9. The molecule has 1 saturated heterocycles. The quantitative estimate of drug-likeness (QED) is 0.842. The van der Waals surface area contributed by atoms with Gasteiger partial charge in [0.15, 0.2) is 0 Å². The summed E-state index contributed by atoms with van der Waals surface area (Å²) in [6.45, 7) is -0.171. The second kappa shape index (κ2) is 5.25. The Morgan fingerprint density at radius 1 is 1.33 bits per heavy atom. The second-order valence-corrected chi connectivity index (χ2v) is 7.28. The van der Waals surface area contributed by atoms with Crippen molar-refractivity contribution in [3.63, 3.8) is 0 Å². The number of carbonyl (C=O) groups is 1. The van der Waals surface area contributed by atoms with Gasteiger partial charge in [-0.1, -0.05) is 15.9 Å². The third-order valence-electron chi connectivity index (χ3n) is 3.12. The number of carbonyl (C=O) groups excluding carboxylic acids is 1. The molecule has 0 aliphatic carbocycles. The lowest BCUT2D eigenvalue weighted by Crippen LogP contribution is -2.32. The molecule has 1 aliphatic rings. The van der Waals surface area contributed by atoms with E-state index in [9.17, 15) is 26.4 Å². The molecule has 1 aromatic rings. The molecule has 5 nitrogen and oxygen atoms in total. The van der Waals surface area contributed by atoms with Crippen LogP contribution in [-0.4, -0.2) is 26.1 Å². The van der Waals surface area contributed by atoms with Gasteiger partial charge in [-0.3, -0.25) is 4.79 Å². The fraction of sp³-hybridized carbons (Fsp3) is 0.364. The summed E-state index contributed by atoms with van der Waals surface area (Å²) in [6.07, 6.45) is -4.80. The summed E-state index contributed by atoms with van der Waals surface area (Å²) in [5, 5.41) is 3.94. The molecule has 2 rings (SSSR count). The Morgan fingerprint density at radius 2 is 1.95 bits per heavy atom. The zero-order valence-corrected chi connectivity index (χ0v) is 12.8. The summed E-state index contributed by atoms with van der Waals surface area (Å²) in [5.74, 6) is -0.499. The van der Waals surface area contributed by atoms with Gasteiger partial charge in [-0.2, -0.15) is 13.2 Å². The highest BCUT2D eigenvalue weighted by atomic mass is 79.9. The molecule has 1 unspecified atom stereocenters.